The van der Waals surface area contributed by atoms with Crippen molar-refractivity contribution in [3.05, 3.63) is 29.6 Å². The van der Waals surface area contributed by atoms with Gasteiger partial charge in [0.1, 0.15) is 0 Å². The molecule has 2 heterocycles. The van der Waals surface area contributed by atoms with Gasteiger partial charge in [0.2, 0.25) is 0 Å². The van der Waals surface area contributed by atoms with Crippen LogP contribution in [0, 0.1) is 0 Å². The van der Waals surface area contributed by atoms with Gasteiger partial charge >= 0.3 is 0 Å². The van der Waals surface area contributed by atoms with Crippen molar-refractivity contribution in [3.8, 4) is 0 Å². The summed E-state index contributed by atoms with van der Waals surface area (Å²) in [6.45, 7) is 0. The molecule has 1 aliphatic heterocycles. The van der Waals surface area contributed by atoms with Gasteiger partial charge in [0, 0.05) is 9.79 Å². The molecule has 0 saturated heterocycles. The summed E-state index contributed by atoms with van der Waals surface area (Å²) in [6.07, 6.45) is 2.10. The molecule has 0 spiro atoms. The van der Waals surface area contributed by atoms with Gasteiger partial charge in [0.25, 0.3) is 0 Å². The van der Waals surface area contributed by atoms with E-state index in [1.165, 1.54) is 25.4 Å². The summed E-state index contributed by atoms with van der Waals surface area (Å²) in [5, 5.41) is 5.60. The van der Waals surface area contributed by atoms with E-state index in [0.717, 1.165) is 0 Å². The van der Waals surface area contributed by atoms with E-state index in [-0.39, 0.29) is 0 Å². The van der Waals surface area contributed by atoms with Gasteiger partial charge in [-0.2, -0.15) is 0 Å². The average Bonchev–Trinajstić information content (AvgIpc) is 2.72. The second kappa shape index (κ2) is 3.77. The maximum Gasteiger partial charge on any atom is 0.0882 e. The van der Waals surface area contributed by atoms with E-state index in [2.05, 4.69) is 41.2 Å². The Morgan fingerprint density at radius 3 is 3.00 bits per heavy atom. The van der Waals surface area contributed by atoms with Crippen LogP contribution in [0.25, 0.3) is 0 Å². The van der Waals surface area contributed by atoms with E-state index in [4.69, 9.17) is 0 Å². The van der Waals surface area contributed by atoms with Gasteiger partial charge in [-0.25, -0.2) is 0 Å². The van der Waals surface area contributed by atoms with Gasteiger partial charge in [-0.15, -0.1) is 23.1 Å². The lowest BCUT2D eigenvalue weighted by Crippen LogP contribution is -1.96. The van der Waals surface area contributed by atoms with Crippen molar-refractivity contribution >= 4 is 46.2 Å². The third-order valence-electron chi connectivity index (χ3n) is 2.29. The minimum Gasteiger partial charge on any atom is -0.353 e. The number of hydrogen-bond donors (Lipinski definition) is 1. The number of hydrogen-bond acceptors (Lipinski definition) is 4. The molecule has 0 atom stereocenters. The van der Waals surface area contributed by atoms with Crippen molar-refractivity contribution in [2.75, 3.05) is 11.6 Å². The van der Waals surface area contributed by atoms with E-state index >= 15 is 0 Å². The minimum absolute atomic E-state index is 1.23. The van der Waals surface area contributed by atoms with Crippen LogP contribution in [0.3, 0.4) is 0 Å². The average molecular weight is 251 g/mol. The molecule has 1 aromatic heterocycles. The number of thiophene rings is 1. The Morgan fingerprint density at radius 2 is 2.13 bits per heavy atom. The Bertz CT molecular complexity index is 504. The van der Waals surface area contributed by atoms with Crippen molar-refractivity contribution in [1.29, 1.82) is 0 Å². The van der Waals surface area contributed by atoms with Crippen LogP contribution in [0.5, 0.6) is 0 Å². The highest BCUT2D eigenvalue weighted by atomic mass is 32.2. The van der Waals surface area contributed by atoms with Crippen molar-refractivity contribution < 1.29 is 0 Å². The highest BCUT2D eigenvalue weighted by molar-refractivity contribution is 8.01. The molecule has 0 unspecified atom stereocenters. The number of anilines is 2. The second-order valence-corrected chi connectivity index (χ2v) is 6.32. The van der Waals surface area contributed by atoms with Crippen molar-refractivity contribution in [3.63, 3.8) is 0 Å². The van der Waals surface area contributed by atoms with Crippen LogP contribution in [-0.4, -0.2) is 6.26 Å². The van der Waals surface area contributed by atoms with E-state index in [0.29, 0.717) is 0 Å². The zero-order valence-electron chi connectivity index (χ0n) is 8.11. The Labute approximate surface area is 101 Å². The lowest BCUT2D eigenvalue weighted by molar-refractivity contribution is 1.31. The predicted molar refractivity (Wildman–Crippen MR) is 69.9 cm³/mol. The fraction of sp³-hybridized carbons (Fsp3) is 0.0909. The molecule has 0 aliphatic carbocycles. The fourth-order valence-corrected chi connectivity index (χ4v) is 3.96. The summed E-state index contributed by atoms with van der Waals surface area (Å²) >= 11 is 5.43. The quantitative estimate of drug-likeness (QED) is 0.631. The summed E-state index contributed by atoms with van der Waals surface area (Å²) in [4.78, 5) is 2.63. The van der Waals surface area contributed by atoms with E-state index < -0.39 is 0 Å². The second-order valence-electron chi connectivity index (χ2n) is 3.21. The summed E-state index contributed by atoms with van der Waals surface area (Å²) < 4.78 is 1.36. The summed E-state index contributed by atoms with van der Waals surface area (Å²) in [5.41, 5.74) is 2.48. The van der Waals surface area contributed by atoms with Gasteiger partial charge in [0.15, 0.2) is 0 Å². The molecule has 0 saturated carbocycles. The molecule has 3 rings (SSSR count). The largest absolute Gasteiger partial charge is 0.353 e. The van der Waals surface area contributed by atoms with Crippen molar-refractivity contribution in [2.24, 2.45) is 0 Å². The van der Waals surface area contributed by atoms with E-state index in [1.807, 2.05) is 11.8 Å². The van der Waals surface area contributed by atoms with Crippen LogP contribution in [0.4, 0.5) is 11.4 Å². The molecule has 76 valence electrons. The molecule has 0 radical (unpaired) electrons. The predicted octanol–water partition coefficient (Wildman–Crippen LogP) is 4.68. The molecule has 4 heteroatoms. The lowest BCUT2D eigenvalue weighted by atomic mass is 10.3. The summed E-state index contributed by atoms with van der Waals surface area (Å²) in [6, 6.07) is 8.73. The maximum absolute atomic E-state index is 3.47. The third kappa shape index (κ3) is 1.67. The van der Waals surface area contributed by atoms with Crippen LogP contribution in [0.15, 0.2) is 43.6 Å². The first-order valence-corrected chi connectivity index (χ1v) is 7.49. The van der Waals surface area contributed by atoms with Crippen LogP contribution in [-0.2, 0) is 0 Å². The highest BCUT2D eigenvalue weighted by Crippen LogP contribution is 2.47. The lowest BCUT2D eigenvalue weighted by Gasteiger charge is -2.18. The molecular weight excluding hydrogens is 242 g/mol. The Kier molecular flexibility index (Phi) is 2.42. The topological polar surface area (TPSA) is 12.0 Å². The van der Waals surface area contributed by atoms with Crippen molar-refractivity contribution in [1.82, 2.24) is 0 Å². The first kappa shape index (κ1) is 9.63. The molecule has 2 aromatic rings. The summed E-state index contributed by atoms with van der Waals surface area (Å²) in [5.74, 6) is 0. The Hall–Kier alpha value is -0.580. The Morgan fingerprint density at radius 1 is 1.20 bits per heavy atom. The number of rotatable bonds is 1. The molecule has 0 fully saturated rings. The van der Waals surface area contributed by atoms with Gasteiger partial charge in [-0.1, -0.05) is 11.8 Å². The maximum atomic E-state index is 3.47. The van der Waals surface area contributed by atoms with Gasteiger partial charge < -0.3 is 5.32 Å². The monoisotopic (exact) mass is 251 g/mol. The zero-order chi connectivity index (χ0) is 10.3. The standard InChI is InChI=1S/C11H9NS3/c1-13-7-2-3-10-9(6-7)12-8-4-5-14-11(8)15-10/h2-6,12H,1H3. The molecule has 1 nitrogen and oxygen atoms in total. The Balaban J connectivity index is 2.06. The number of fused-ring (bicyclic) bond motifs is 2. The van der Waals surface area contributed by atoms with E-state index in [9.17, 15) is 0 Å². The minimum atomic E-state index is 1.23. The van der Waals surface area contributed by atoms with Gasteiger partial charge in [-0.3, -0.25) is 0 Å². The van der Waals surface area contributed by atoms with Crippen LogP contribution >= 0.6 is 34.9 Å². The smallest absolute Gasteiger partial charge is 0.0882 e. The first-order chi connectivity index (χ1) is 7.36. The fourth-order valence-electron chi connectivity index (χ4n) is 1.53. The van der Waals surface area contributed by atoms with Crippen LogP contribution in [0.1, 0.15) is 0 Å². The third-order valence-corrected chi connectivity index (χ3v) is 5.24. The molecule has 15 heavy (non-hydrogen) atoms. The number of benzene rings is 1. The molecule has 0 bridgehead atoms. The van der Waals surface area contributed by atoms with Gasteiger partial charge in [0.05, 0.1) is 15.6 Å². The summed E-state index contributed by atoms with van der Waals surface area (Å²) in [7, 11) is 0. The zero-order valence-corrected chi connectivity index (χ0v) is 10.6. The SMILES string of the molecule is CSc1ccc2c(c1)Nc1ccsc1S2. The molecule has 1 N–H and O–H groups in total. The molecular formula is C11H9NS3. The van der Waals surface area contributed by atoms with Gasteiger partial charge in [-0.05, 0) is 35.9 Å². The molecule has 0 amide bonds. The van der Waals surface area contributed by atoms with Crippen LogP contribution < -0.4 is 5.32 Å². The number of nitrogens with one attached hydrogen (secondary N) is 1. The normalized spacial score (nSPS) is 12.9. The van der Waals surface area contributed by atoms with E-state index in [1.54, 1.807) is 23.1 Å². The highest BCUT2D eigenvalue weighted by Gasteiger charge is 2.16. The first-order valence-electron chi connectivity index (χ1n) is 4.57. The number of thioether (sulfide) groups is 1. The molecule has 1 aliphatic rings. The van der Waals surface area contributed by atoms with Crippen molar-refractivity contribution in [2.45, 2.75) is 14.0 Å². The van der Waals surface area contributed by atoms with Crippen LogP contribution in [0.2, 0.25) is 0 Å². The molecule has 1 aromatic carbocycles.